The lowest BCUT2D eigenvalue weighted by atomic mass is 9.95. The lowest BCUT2D eigenvalue weighted by Crippen LogP contribution is -2.23. The molecular weight excluding hydrogens is 427 g/mol. The van der Waals surface area contributed by atoms with E-state index in [9.17, 15) is 21.6 Å². The summed E-state index contributed by atoms with van der Waals surface area (Å²) >= 11 is 0. The summed E-state index contributed by atoms with van der Waals surface area (Å²) in [5.41, 5.74) is 10.4. The van der Waals surface area contributed by atoms with Gasteiger partial charge in [0.05, 0.1) is 18.1 Å². The molecule has 0 fully saturated rings. The van der Waals surface area contributed by atoms with Gasteiger partial charge in [-0.1, -0.05) is 0 Å². The van der Waals surface area contributed by atoms with E-state index in [1.807, 2.05) is 6.33 Å². The van der Waals surface area contributed by atoms with Crippen molar-refractivity contribution >= 4 is 32.8 Å². The number of fused-ring (bicyclic) bond motifs is 3. The molecule has 30 heavy (non-hydrogen) atoms. The lowest BCUT2D eigenvalue weighted by Gasteiger charge is -2.17. The summed E-state index contributed by atoms with van der Waals surface area (Å²) < 4.78 is 58.5. The minimum atomic E-state index is -5.08. The Morgan fingerprint density at radius 3 is 2.53 bits per heavy atom. The van der Waals surface area contributed by atoms with E-state index in [0.717, 1.165) is 55.4 Å². The maximum absolute atomic E-state index is 11.0. The molecule has 168 valence electrons. The van der Waals surface area contributed by atoms with Crippen LogP contribution < -0.4 is 10.5 Å². The van der Waals surface area contributed by atoms with Crippen LogP contribution in [0.1, 0.15) is 36.9 Å². The van der Waals surface area contributed by atoms with Gasteiger partial charge in [-0.2, -0.15) is 13.2 Å². The van der Waals surface area contributed by atoms with Gasteiger partial charge in [0.2, 0.25) is 10.0 Å². The number of anilines is 1. The fourth-order valence-electron chi connectivity index (χ4n) is 3.19. The molecule has 9 nitrogen and oxygen atoms in total. The van der Waals surface area contributed by atoms with Gasteiger partial charge in [0.25, 0.3) is 0 Å². The van der Waals surface area contributed by atoms with E-state index in [1.54, 1.807) is 0 Å². The summed E-state index contributed by atoms with van der Waals surface area (Å²) in [6, 6.07) is 0. The highest BCUT2D eigenvalue weighted by molar-refractivity contribution is 7.88. The fourth-order valence-corrected chi connectivity index (χ4v) is 3.70. The number of halogens is 3. The number of aliphatic carboxylic acids is 1. The number of carbonyl (C=O) groups is 1. The number of nitrogens with zero attached hydrogens (tertiary/aromatic N) is 3. The minimum absolute atomic E-state index is 0.466. The number of nitrogens with two attached hydrogens (primary N) is 1. The van der Waals surface area contributed by atoms with Crippen LogP contribution in [0.3, 0.4) is 0 Å². The van der Waals surface area contributed by atoms with Gasteiger partial charge in [0, 0.05) is 18.8 Å². The highest BCUT2D eigenvalue weighted by atomic mass is 32.2. The number of hydrogen-bond donors (Lipinski definition) is 3. The second kappa shape index (κ2) is 9.60. The minimum Gasteiger partial charge on any atom is -0.475 e. The quantitative estimate of drug-likeness (QED) is 0.569. The zero-order valence-electron chi connectivity index (χ0n) is 16.4. The van der Waals surface area contributed by atoms with Crippen LogP contribution in [-0.4, -0.2) is 53.0 Å². The molecule has 4 N–H and O–H groups in total. The first-order valence-corrected chi connectivity index (χ1v) is 11.2. The topological polar surface area (TPSA) is 140 Å². The molecule has 0 unspecified atom stereocenters. The Bertz CT molecular complexity index is 1000. The molecule has 0 atom stereocenters. The van der Waals surface area contributed by atoms with Crippen molar-refractivity contribution in [2.45, 2.75) is 51.2 Å². The standard InChI is InChI=1S/C15H23N5O2S.C2HF3O2/c1-23(21,22)18-8-4-5-9-20-10-17-13-14(20)11-6-2-3-7-12(11)19-15(13)16;3-2(4,5)1(6)7/h10,18H,2-9H2,1H3,(H2,16,19);(H,6,7). The predicted octanol–water partition coefficient (Wildman–Crippen LogP) is 1.85. The Morgan fingerprint density at radius 1 is 1.30 bits per heavy atom. The Hall–Kier alpha value is -2.41. The second-order valence-electron chi connectivity index (χ2n) is 6.94. The monoisotopic (exact) mass is 451 g/mol. The van der Waals surface area contributed by atoms with Crippen LogP contribution in [0.5, 0.6) is 0 Å². The van der Waals surface area contributed by atoms with Crippen molar-refractivity contribution in [1.82, 2.24) is 19.3 Å². The van der Waals surface area contributed by atoms with Gasteiger partial charge in [-0.25, -0.2) is 27.9 Å². The average Bonchev–Trinajstić information content (AvgIpc) is 3.05. The number of carboxylic acid groups (broad SMARTS) is 1. The summed E-state index contributed by atoms with van der Waals surface area (Å²) in [4.78, 5) is 17.8. The summed E-state index contributed by atoms with van der Waals surface area (Å²) in [6.45, 7) is 1.27. The first-order chi connectivity index (χ1) is 13.9. The molecule has 1 aliphatic carbocycles. The molecule has 2 heterocycles. The number of rotatable bonds is 6. The van der Waals surface area contributed by atoms with Crippen LogP contribution in [0.15, 0.2) is 6.33 Å². The average molecular weight is 451 g/mol. The van der Waals surface area contributed by atoms with Crippen LogP contribution in [0.2, 0.25) is 0 Å². The number of carboxylic acids is 1. The first kappa shape index (κ1) is 23.9. The summed E-state index contributed by atoms with van der Waals surface area (Å²) in [5.74, 6) is -2.24. The molecule has 0 aromatic carbocycles. The molecule has 2 aromatic rings. The van der Waals surface area contributed by atoms with E-state index in [0.29, 0.717) is 12.4 Å². The van der Waals surface area contributed by atoms with E-state index in [4.69, 9.17) is 15.6 Å². The first-order valence-electron chi connectivity index (χ1n) is 9.27. The van der Waals surface area contributed by atoms with Gasteiger partial charge >= 0.3 is 12.1 Å². The van der Waals surface area contributed by atoms with Gasteiger partial charge in [-0.05, 0) is 44.1 Å². The van der Waals surface area contributed by atoms with Crippen molar-refractivity contribution in [2.24, 2.45) is 0 Å². The van der Waals surface area contributed by atoms with E-state index in [-0.39, 0.29) is 0 Å². The normalized spacial score (nSPS) is 14.1. The van der Waals surface area contributed by atoms with Crippen molar-refractivity contribution in [3.8, 4) is 0 Å². The smallest absolute Gasteiger partial charge is 0.475 e. The number of pyridine rings is 1. The SMILES string of the molecule is CS(=O)(=O)NCCCCn1cnc2c(N)nc3c(c21)CCCC3.O=C(O)C(F)(F)F. The molecule has 0 spiro atoms. The number of aryl methyl sites for hydroxylation is 3. The van der Waals surface area contributed by atoms with E-state index < -0.39 is 22.2 Å². The maximum Gasteiger partial charge on any atom is 0.490 e. The van der Waals surface area contributed by atoms with Gasteiger partial charge in [-0.15, -0.1) is 0 Å². The third kappa shape index (κ3) is 6.55. The molecule has 1 aliphatic rings. The van der Waals surface area contributed by atoms with E-state index in [2.05, 4.69) is 19.3 Å². The molecule has 0 saturated carbocycles. The number of aromatic nitrogens is 3. The predicted molar refractivity (Wildman–Crippen MR) is 104 cm³/mol. The molecule has 0 radical (unpaired) electrons. The molecule has 0 bridgehead atoms. The van der Waals surface area contributed by atoms with Gasteiger partial charge < -0.3 is 15.4 Å². The van der Waals surface area contributed by atoms with E-state index >= 15 is 0 Å². The van der Waals surface area contributed by atoms with Crippen molar-refractivity contribution in [3.05, 3.63) is 17.6 Å². The number of nitrogen functional groups attached to an aromatic ring is 1. The van der Waals surface area contributed by atoms with Crippen molar-refractivity contribution in [3.63, 3.8) is 0 Å². The van der Waals surface area contributed by atoms with Crippen LogP contribution in [0.25, 0.3) is 11.0 Å². The van der Waals surface area contributed by atoms with Crippen molar-refractivity contribution in [1.29, 1.82) is 0 Å². The van der Waals surface area contributed by atoms with Crippen LogP contribution in [0.4, 0.5) is 19.0 Å². The Labute approximate surface area is 171 Å². The highest BCUT2D eigenvalue weighted by Gasteiger charge is 2.38. The molecule has 0 aliphatic heterocycles. The molecule has 0 amide bonds. The number of imidazole rings is 1. The number of nitrogens with one attached hydrogen (secondary N) is 1. The molecular formula is C17H24F3N5O4S. The summed E-state index contributed by atoms with van der Waals surface area (Å²) in [5, 5.41) is 7.12. The van der Waals surface area contributed by atoms with Crippen LogP contribution in [0, 0.1) is 0 Å². The largest absolute Gasteiger partial charge is 0.490 e. The van der Waals surface area contributed by atoms with Crippen LogP contribution >= 0.6 is 0 Å². The molecule has 3 rings (SSSR count). The lowest BCUT2D eigenvalue weighted by molar-refractivity contribution is -0.192. The Kier molecular flexibility index (Phi) is 7.64. The third-order valence-electron chi connectivity index (χ3n) is 4.49. The Morgan fingerprint density at radius 2 is 1.93 bits per heavy atom. The van der Waals surface area contributed by atoms with Crippen molar-refractivity contribution in [2.75, 3.05) is 18.5 Å². The fraction of sp³-hybridized carbons (Fsp3) is 0.588. The molecule has 0 saturated heterocycles. The van der Waals surface area contributed by atoms with Gasteiger partial charge in [-0.3, -0.25) is 0 Å². The van der Waals surface area contributed by atoms with Gasteiger partial charge in [0.15, 0.2) is 5.82 Å². The zero-order valence-corrected chi connectivity index (χ0v) is 17.2. The number of unbranched alkanes of at least 4 members (excludes halogenated alkanes) is 1. The number of hydrogen-bond acceptors (Lipinski definition) is 6. The molecule has 2 aromatic heterocycles. The third-order valence-corrected chi connectivity index (χ3v) is 5.22. The van der Waals surface area contributed by atoms with E-state index in [1.165, 1.54) is 18.2 Å². The summed E-state index contributed by atoms with van der Waals surface area (Å²) in [7, 11) is -3.10. The number of alkyl halides is 3. The zero-order chi connectivity index (χ0) is 22.5. The summed E-state index contributed by atoms with van der Waals surface area (Å²) in [6.07, 6.45) is 3.94. The maximum atomic E-state index is 11.0. The molecule has 13 heteroatoms. The van der Waals surface area contributed by atoms with Crippen LogP contribution in [-0.2, 0) is 34.2 Å². The highest BCUT2D eigenvalue weighted by Crippen LogP contribution is 2.30. The Balaban J connectivity index is 0.000000396. The van der Waals surface area contributed by atoms with Crippen molar-refractivity contribution < 1.29 is 31.5 Å². The second-order valence-corrected chi connectivity index (χ2v) is 8.77. The van der Waals surface area contributed by atoms with Gasteiger partial charge in [0.1, 0.15) is 5.52 Å². The number of sulfonamides is 1.